The molecule has 3 rings (SSSR count). The van der Waals surface area contributed by atoms with Crippen molar-refractivity contribution in [3.8, 4) is 0 Å². The topological polar surface area (TPSA) is 50.4 Å². The number of hydrogen-bond donors (Lipinski definition) is 2. The van der Waals surface area contributed by atoms with Crippen molar-refractivity contribution in [1.29, 1.82) is 0 Å². The molecule has 84 valence electrons. The van der Waals surface area contributed by atoms with Crippen LogP contribution in [0.5, 0.6) is 0 Å². The molecule has 0 amide bonds. The maximum atomic E-state index is 5.83. The third kappa shape index (κ3) is 2.18. The summed E-state index contributed by atoms with van der Waals surface area (Å²) in [4.78, 5) is 4.51. The van der Waals surface area contributed by atoms with E-state index in [2.05, 4.69) is 34.6 Å². The Labute approximate surface area is 95.8 Å². The van der Waals surface area contributed by atoms with E-state index in [0.29, 0.717) is 24.0 Å². The Morgan fingerprint density at radius 1 is 1.25 bits per heavy atom. The van der Waals surface area contributed by atoms with Crippen molar-refractivity contribution < 1.29 is 0 Å². The Kier molecular flexibility index (Phi) is 2.31. The maximum Gasteiger partial charge on any atom is 0.189 e. The first-order valence-corrected chi connectivity index (χ1v) is 5.97. The Balaban J connectivity index is 1.59. The minimum Gasteiger partial charge on any atom is -0.370 e. The number of rotatable bonds is 3. The quantitative estimate of drug-likeness (QED) is 0.594. The monoisotopic (exact) mass is 215 g/mol. The van der Waals surface area contributed by atoms with Crippen LogP contribution in [0.4, 0.5) is 0 Å². The molecule has 0 aliphatic heterocycles. The first-order chi connectivity index (χ1) is 7.83. The van der Waals surface area contributed by atoms with E-state index < -0.39 is 0 Å². The lowest BCUT2D eigenvalue weighted by atomic mass is 10.1. The zero-order valence-electron chi connectivity index (χ0n) is 9.26. The molecule has 0 aromatic heterocycles. The molecule has 0 saturated heterocycles. The van der Waals surface area contributed by atoms with Crippen molar-refractivity contribution >= 4 is 5.96 Å². The molecule has 2 aliphatic rings. The van der Waals surface area contributed by atoms with Crippen molar-refractivity contribution in [2.75, 3.05) is 0 Å². The zero-order valence-corrected chi connectivity index (χ0v) is 9.26. The van der Waals surface area contributed by atoms with Crippen LogP contribution >= 0.6 is 0 Å². The van der Waals surface area contributed by atoms with Crippen LogP contribution in [0, 0.1) is 0 Å². The van der Waals surface area contributed by atoms with Gasteiger partial charge in [-0.15, -0.1) is 0 Å². The highest BCUT2D eigenvalue weighted by Crippen LogP contribution is 2.43. The fraction of sp³-hybridized carbons (Fsp3) is 0.462. The average Bonchev–Trinajstić information content (AvgIpc) is 3.16. The van der Waals surface area contributed by atoms with Crippen LogP contribution in [-0.2, 0) is 0 Å². The van der Waals surface area contributed by atoms with E-state index in [9.17, 15) is 0 Å². The fourth-order valence-electron chi connectivity index (χ4n) is 2.04. The van der Waals surface area contributed by atoms with Gasteiger partial charge in [0, 0.05) is 12.0 Å². The first kappa shape index (κ1) is 9.70. The van der Waals surface area contributed by atoms with Crippen LogP contribution in [0.15, 0.2) is 35.3 Å². The molecule has 0 radical (unpaired) electrons. The molecule has 2 fully saturated rings. The predicted molar refractivity (Wildman–Crippen MR) is 65.4 cm³/mol. The molecule has 2 aliphatic carbocycles. The summed E-state index contributed by atoms with van der Waals surface area (Å²) in [7, 11) is 0. The molecule has 3 heteroatoms. The van der Waals surface area contributed by atoms with Gasteiger partial charge in [-0.05, 0) is 24.8 Å². The smallest absolute Gasteiger partial charge is 0.189 e. The summed E-state index contributed by atoms with van der Waals surface area (Å²) < 4.78 is 0. The average molecular weight is 215 g/mol. The molecule has 2 saturated carbocycles. The predicted octanol–water partition coefficient (Wildman–Crippen LogP) is 1.61. The Hall–Kier alpha value is -1.51. The number of nitrogens with one attached hydrogen (secondary N) is 1. The SMILES string of the molecule is NC(=NC1CC1c1ccccc1)NC1CC1. The van der Waals surface area contributed by atoms with E-state index in [-0.39, 0.29) is 0 Å². The van der Waals surface area contributed by atoms with Crippen molar-refractivity contribution in [1.82, 2.24) is 5.32 Å². The molecule has 16 heavy (non-hydrogen) atoms. The van der Waals surface area contributed by atoms with Crippen molar-refractivity contribution in [3.05, 3.63) is 35.9 Å². The highest BCUT2D eigenvalue weighted by atomic mass is 15.1. The molecule has 3 nitrogen and oxygen atoms in total. The van der Waals surface area contributed by atoms with Crippen molar-refractivity contribution in [2.45, 2.75) is 37.3 Å². The van der Waals surface area contributed by atoms with Crippen LogP contribution < -0.4 is 11.1 Å². The number of guanidine groups is 1. The van der Waals surface area contributed by atoms with Gasteiger partial charge in [-0.3, -0.25) is 0 Å². The Morgan fingerprint density at radius 2 is 2.00 bits per heavy atom. The van der Waals surface area contributed by atoms with Crippen LogP contribution in [0.1, 0.15) is 30.7 Å². The number of nitrogens with two attached hydrogens (primary N) is 1. The van der Waals surface area contributed by atoms with E-state index >= 15 is 0 Å². The summed E-state index contributed by atoms with van der Waals surface area (Å²) in [5.41, 5.74) is 7.22. The highest BCUT2D eigenvalue weighted by Gasteiger charge is 2.38. The van der Waals surface area contributed by atoms with Crippen LogP contribution in [0.25, 0.3) is 0 Å². The molecule has 1 aromatic rings. The Bertz CT molecular complexity index is 395. The molecular weight excluding hydrogens is 198 g/mol. The second kappa shape index (κ2) is 3.81. The molecule has 2 unspecified atom stereocenters. The third-order valence-electron chi connectivity index (χ3n) is 3.22. The lowest BCUT2D eigenvalue weighted by molar-refractivity contribution is 0.871. The van der Waals surface area contributed by atoms with Gasteiger partial charge in [-0.2, -0.15) is 0 Å². The molecule has 0 spiro atoms. The van der Waals surface area contributed by atoms with Crippen LogP contribution in [0.3, 0.4) is 0 Å². The van der Waals surface area contributed by atoms with Gasteiger partial charge in [0.15, 0.2) is 5.96 Å². The second-order valence-electron chi connectivity index (χ2n) is 4.75. The van der Waals surface area contributed by atoms with E-state index in [4.69, 9.17) is 5.73 Å². The minimum atomic E-state index is 0.397. The molecule has 0 heterocycles. The van der Waals surface area contributed by atoms with E-state index in [1.807, 2.05) is 6.07 Å². The largest absolute Gasteiger partial charge is 0.370 e. The van der Waals surface area contributed by atoms with Gasteiger partial charge >= 0.3 is 0 Å². The normalized spacial score (nSPS) is 28.9. The summed E-state index contributed by atoms with van der Waals surface area (Å²) in [5.74, 6) is 1.21. The summed E-state index contributed by atoms with van der Waals surface area (Å²) in [6.45, 7) is 0. The zero-order chi connectivity index (χ0) is 11.0. The minimum absolute atomic E-state index is 0.397. The van der Waals surface area contributed by atoms with Gasteiger partial charge in [0.25, 0.3) is 0 Å². The summed E-state index contributed by atoms with van der Waals surface area (Å²) in [6.07, 6.45) is 3.61. The van der Waals surface area contributed by atoms with Gasteiger partial charge in [-0.1, -0.05) is 30.3 Å². The number of benzene rings is 1. The lowest BCUT2D eigenvalue weighted by Gasteiger charge is -2.02. The van der Waals surface area contributed by atoms with Crippen molar-refractivity contribution in [2.24, 2.45) is 10.7 Å². The van der Waals surface area contributed by atoms with Crippen LogP contribution in [0.2, 0.25) is 0 Å². The second-order valence-corrected chi connectivity index (χ2v) is 4.75. The van der Waals surface area contributed by atoms with Gasteiger partial charge < -0.3 is 11.1 Å². The maximum absolute atomic E-state index is 5.83. The lowest BCUT2D eigenvalue weighted by Crippen LogP contribution is -2.33. The summed E-state index contributed by atoms with van der Waals surface area (Å²) >= 11 is 0. The van der Waals surface area contributed by atoms with Gasteiger partial charge in [0.05, 0.1) is 6.04 Å². The van der Waals surface area contributed by atoms with E-state index in [0.717, 1.165) is 6.42 Å². The number of nitrogens with zero attached hydrogens (tertiary/aromatic N) is 1. The Morgan fingerprint density at radius 3 is 2.69 bits per heavy atom. The highest BCUT2D eigenvalue weighted by molar-refractivity contribution is 5.79. The molecule has 3 N–H and O–H groups in total. The molecule has 1 aromatic carbocycles. The van der Waals surface area contributed by atoms with Crippen LogP contribution in [-0.4, -0.2) is 18.0 Å². The molecule has 0 bridgehead atoms. The fourth-order valence-corrected chi connectivity index (χ4v) is 2.04. The van der Waals surface area contributed by atoms with Gasteiger partial charge in [0.1, 0.15) is 0 Å². The first-order valence-electron chi connectivity index (χ1n) is 5.97. The van der Waals surface area contributed by atoms with Gasteiger partial charge in [0.2, 0.25) is 0 Å². The van der Waals surface area contributed by atoms with E-state index in [1.54, 1.807) is 0 Å². The number of hydrogen-bond acceptors (Lipinski definition) is 1. The summed E-state index contributed by atoms with van der Waals surface area (Å²) in [5, 5.41) is 3.22. The van der Waals surface area contributed by atoms with Crippen molar-refractivity contribution in [3.63, 3.8) is 0 Å². The standard InChI is InChI=1S/C13H17N3/c14-13(15-10-6-7-10)16-12-8-11(12)9-4-2-1-3-5-9/h1-5,10-12H,6-8H2,(H3,14,15,16). The number of aliphatic imine (C=N–C) groups is 1. The third-order valence-corrected chi connectivity index (χ3v) is 3.22. The van der Waals surface area contributed by atoms with E-state index in [1.165, 1.54) is 18.4 Å². The van der Waals surface area contributed by atoms with Gasteiger partial charge in [-0.25, -0.2) is 4.99 Å². The summed E-state index contributed by atoms with van der Waals surface area (Å²) in [6, 6.07) is 11.6. The molecular formula is C13H17N3. The molecule has 2 atom stereocenters.